The molecule has 1 rings (SSSR count). The van der Waals surface area contributed by atoms with Crippen molar-refractivity contribution in [3.63, 3.8) is 0 Å². The van der Waals surface area contributed by atoms with Crippen LogP contribution < -0.4 is 0 Å². The number of carbonyl (C=O) groups excluding carboxylic acids is 2. The fourth-order valence-corrected chi connectivity index (χ4v) is 3.59. The van der Waals surface area contributed by atoms with E-state index in [9.17, 15) is 9.59 Å². The van der Waals surface area contributed by atoms with Gasteiger partial charge in [-0.3, -0.25) is 4.79 Å². The molecular formula is C16H24N2O3S2. The predicted octanol–water partition coefficient (Wildman–Crippen LogP) is 3.35. The molecule has 0 radical (unpaired) electrons. The Balaban J connectivity index is 2.84. The lowest BCUT2D eigenvalue weighted by Gasteiger charge is -2.20. The molecule has 0 unspecified atom stereocenters. The minimum absolute atomic E-state index is 0.0688. The second-order valence-corrected chi connectivity index (χ2v) is 6.60. The fourth-order valence-electron chi connectivity index (χ4n) is 2.31. The normalized spacial score (nSPS) is 10.5. The SMILES string of the molecule is CCOC(=O)c1c(C)[nH]c(C(=O)CSC(=S)N(CC)CC)c1C. The van der Waals surface area contributed by atoms with Crippen LogP contribution in [0.15, 0.2) is 0 Å². The number of esters is 1. The number of nitrogens with zero attached hydrogens (tertiary/aromatic N) is 1. The molecule has 1 N–H and O–H groups in total. The summed E-state index contributed by atoms with van der Waals surface area (Å²) < 4.78 is 5.76. The number of aromatic amines is 1. The van der Waals surface area contributed by atoms with Crippen molar-refractivity contribution in [1.29, 1.82) is 0 Å². The summed E-state index contributed by atoms with van der Waals surface area (Å²) in [6.07, 6.45) is 0. The lowest BCUT2D eigenvalue weighted by atomic mass is 10.1. The fraction of sp³-hybridized carbons (Fsp3) is 0.562. The van der Waals surface area contributed by atoms with Gasteiger partial charge in [-0.2, -0.15) is 0 Å². The van der Waals surface area contributed by atoms with E-state index in [1.165, 1.54) is 11.8 Å². The number of thiocarbonyl (C=S) groups is 1. The van der Waals surface area contributed by atoms with Crippen LogP contribution in [-0.4, -0.2) is 51.4 Å². The molecule has 7 heteroatoms. The van der Waals surface area contributed by atoms with E-state index in [-0.39, 0.29) is 11.5 Å². The molecule has 23 heavy (non-hydrogen) atoms. The molecule has 0 aromatic carbocycles. The topological polar surface area (TPSA) is 62.4 Å². The van der Waals surface area contributed by atoms with E-state index in [1.54, 1.807) is 20.8 Å². The first-order valence-electron chi connectivity index (χ1n) is 7.68. The van der Waals surface area contributed by atoms with Crippen LogP contribution in [0.25, 0.3) is 0 Å². The van der Waals surface area contributed by atoms with Crippen molar-refractivity contribution >= 4 is 40.1 Å². The predicted molar refractivity (Wildman–Crippen MR) is 98.5 cm³/mol. The molecule has 5 nitrogen and oxygen atoms in total. The van der Waals surface area contributed by atoms with Crippen molar-refractivity contribution in [1.82, 2.24) is 9.88 Å². The van der Waals surface area contributed by atoms with E-state index in [0.29, 0.717) is 29.1 Å². The Kier molecular flexibility index (Phi) is 7.78. The van der Waals surface area contributed by atoms with Crippen molar-refractivity contribution in [2.24, 2.45) is 0 Å². The maximum absolute atomic E-state index is 12.4. The lowest BCUT2D eigenvalue weighted by Crippen LogP contribution is -2.27. The third-order valence-corrected chi connectivity index (χ3v) is 5.07. The number of Topliss-reactive ketones (excluding diaryl/α,β-unsaturated/α-hetero) is 1. The van der Waals surface area contributed by atoms with Gasteiger partial charge >= 0.3 is 5.97 Å². The molecule has 1 aromatic heterocycles. The van der Waals surface area contributed by atoms with Gasteiger partial charge in [0.25, 0.3) is 0 Å². The van der Waals surface area contributed by atoms with Gasteiger partial charge in [0.1, 0.15) is 4.32 Å². The van der Waals surface area contributed by atoms with Crippen LogP contribution in [-0.2, 0) is 4.74 Å². The number of thioether (sulfide) groups is 1. The zero-order chi connectivity index (χ0) is 17.6. The molecule has 0 aliphatic heterocycles. The zero-order valence-electron chi connectivity index (χ0n) is 14.3. The molecular weight excluding hydrogens is 332 g/mol. The van der Waals surface area contributed by atoms with Crippen LogP contribution in [0.4, 0.5) is 0 Å². The number of hydrogen-bond acceptors (Lipinski definition) is 5. The minimum Gasteiger partial charge on any atom is -0.462 e. The summed E-state index contributed by atoms with van der Waals surface area (Å²) in [5.74, 6) is -0.219. The molecule has 0 bridgehead atoms. The van der Waals surface area contributed by atoms with Crippen LogP contribution >= 0.6 is 24.0 Å². The van der Waals surface area contributed by atoms with Gasteiger partial charge in [0.2, 0.25) is 0 Å². The molecule has 0 saturated carbocycles. The largest absolute Gasteiger partial charge is 0.462 e. The van der Waals surface area contributed by atoms with E-state index in [2.05, 4.69) is 4.98 Å². The summed E-state index contributed by atoms with van der Waals surface area (Å²) in [6.45, 7) is 11.3. The third kappa shape index (κ3) is 4.81. The molecule has 1 aromatic rings. The monoisotopic (exact) mass is 356 g/mol. The van der Waals surface area contributed by atoms with Gasteiger partial charge in [-0.05, 0) is 40.2 Å². The highest BCUT2D eigenvalue weighted by Crippen LogP contribution is 2.21. The molecule has 0 aliphatic rings. The average molecular weight is 357 g/mol. The van der Waals surface area contributed by atoms with Crippen molar-refractivity contribution in [3.05, 3.63) is 22.5 Å². The lowest BCUT2D eigenvalue weighted by molar-refractivity contribution is 0.0525. The number of nitrogens with one attached hydrogen (secondary N) is 1. The number of H-pyrrole nitrogens is 1. The molecule has 0 amide bonds. The number of aromatic nitrogens is 1. The zero-order valence-corrected chi connectivity index (χ0v) is 15.9. The first kappa shape index (κ1) is 19.7. The van der Waals surface area contributed by atoms with E-state index >= 15 is 0 Å². The molecule has 0 saturated heterocycles. The van der Waals surface area contributed by atoms with Crippen molar-refractivity contribution in [3.8, 4) is 0 Å². The molecule has 128 valence electrons. The second kappa shape index (κ2) is 9.08. The number of rotatable bonds is 7. The number of ketones is 1. The average Bonchev–Trinajstić information content (AvgIpc) is 2.81. The van der Waals surface area contributed by atoms with E-state index < -0.39 is 5.97 Å². The van der Waals surface area contributed by atoms with Gasteiger partial charge in [0, 0.05) is 18.8 Å². The van der Waals surface area contributed by atoms with Crippen molar-refractivity contribution < 1.29 is 14.3 Å². The van der Waals surface area contributed by atoms with Crippen molar-refractivity contribution in [2.45, 2.75) is 34.6 Å². The molecule has 0 aliphatic carbocycles. The Morgan fingerprint density at radius 3 is 2.35 bits per heavy atom. The van der Waals surface area contributed by atoms with Crippen LogP contribution in [0.1, 0.15) is 52.9 Å². The Labute approximate surface area is 147 Å². The summed E-state index contributed by atoms with van der Waals surface area (Å²) >= 11 is 6.69. The van der Waals surface area contributed by atoms with Crippen LogP contribution in [0.5, 0.6) is 0 Å². The summed E-state index contributed by atoms with van der Waals surface area (Å²) in [5, 5.41) is 0. The highest BCUT2D eigenvalue weighted by atomic mass is 32.2. The Morgan fingerprint density at radius 2 is 1.83 bits per heavy atom. The summed E-state index contributed by atoms with van der Waals surface area (Å²) in [7, 11) is 0. The number of carbonyl (C=O) groups is 2. The van der Waals surface area contributed by atoms with Gasteiger partial charge in [-0.1, -0.05) is 24.0 Å². The Bertz CT molecular complexity index is 592. The maximum atomic E-state index is 12.4. The summed E-state index contributed by atoms with van der Waals surface area (Å²) in [4.78, 5) is 29.4. The van der Waals surface area contributed by atoms with Crippen molar-refractivity contribution in [2.75, 3.05) is 25.4 Å². The first-order chi connectivity index (χ1) is 10.9. The minimum atomic E-state index is -0.399. The van der Waals surface area contributed by atoms with Gasteiger partial charge in [-0.15, -0.1) is 0 Å². The summed E-state index contributed by atoms with van der Waals surface area (Å²) in [5.41, 5.74) is 2.20. The van der Waals surface area contributed by atoms with Gasteiger partial charge < -0.3 is 14.6 Å². The number of ether oxygens (including phenoxy) is 1. The quantitative estimate of drug-likeness (QED) is 0.459. The van der Waals surface area contributed by atoms with E-state index in [4.69, 9.17) is 17.0 Å². The van der Waals surface area contributed by atoms with Gasteiger partial charge in [-0.25, -0.2) is 4.79 Å². The first-order valence-corrected chi connectivity index (χ1v) is 9.07. The molecule has 0 fully saturated rings. The number of hydrogen-bond donors (Lipinski definition) is 1. The Hall–Kier alpha value is -1.34. The van der Waals surface area contributed by atoms with Crippen LogP contribution in [0.2, 0.25) is 0 Å². The van der Waals surface area contributed by atoms with Gasteiger partial charge in [0.15, 0.2) is 5.78 Å². The molecule has 0 spiro atoms. The highest BCUT2D eigenvalue weighted by Gasteiger charge is 2.23. The van der Waals surface area contributed by atoms with E-state index in [1.807, 2.05) is 18.7 Å². The highest BCUT2D eigenvalue weighted by molar-refractivity contribution is 8.23. The van der Waals surface area contributed by atoms with Gasteiger partial charge in [0.05, 0.1) is 23.6 Å². The Morgan fingerprint density at radius 1 is 1.22 bits per heavy atom. The standard InChI is InChI=1S/C16H24N2O3S2/c1-6-18(7-2)16(22)23-9-12(19)14-10(4)13(11(5)17-14)15(20)21-8-3/h17H,6-9H2,1-5H3. The maximum Gasteiger partial charge on any atom is 0.340 e. The summed E-state index contributed by atoms with van der Waals surface area (Å²) in [6, 6.07) is 0. The molecule has 0 atom stereocenters. The second-order valence-electron chi connectivity index (χ2n) is 5.00. The van der Waals surface area contributed by atoms with E-state index in [0.717, 1.165) is 17.4 Å². The van der Waals surface area contributed by atoms with Crippen LogP contribution in [0, 0.1) is 13.8 Å². The smallest absolute Gasteiger partial charge is 0.340 e. The molecule has 1 heterocycles. The third-order valence-electron chi connectivity index (χ3n) is 3.54. The number of aryl methyl sites for hydroxylation is 1. The van der Waals surface area contributed by atoms with Crippen LogP contribution in [0.3, 0.4) is 0 Å².